The summed E-state index contributed by atoms with van der Waals surface area (Å²) in [5, 5.41) is 11.4. The monoisotopic (exact) mass is 259 g/mol. The van der Waals surface area contributed by atoms with Gasteiger partial charge in [-0.1, -0.05) is 25.1 Å². The zero-order valence-electron chi connectivity index (χ0n) is 10.8. The van der Waals surface area contributed by atoms with Crippen LogP contribution in [0.3, 0.4) is 0 Å². The third-order valence-corrected chi connectivity index (χ3v) is 3.02. The fraction of sp³-hybridized carbons (Fsp3) is 0.286. The molecule has 0 radical (unpaired) electrons. The highest BCUT2D eigenvalue weighted by Gasteiger charge is 2.01. The quantitative estimate of drug-likeness (QED) is 0.640. The van der Waals surface area contributed by atoms with E-state index in [0.717, 1.165) is 24.7 Å². The number of para-hydroxylation sites is 1. The molecular formula is C14H17N3O2. The Labute approximate surface area is 111 Å². The molecule has 1 atom stereocenters. The number of nitrogens with one attached hydrogen (secondary N) is 1. The van der Waals surface area contributed by atoms with E-state index < -0.39 is 4.92 Å². The molecular weight excluding hydrogens is 242 g/mol. The van der Waals surface area contributed by atoms with Gasteiger partial charge >= 0.3 is 0 Å². The Kier molecular flexibility index (Phi) is 4.18. The number of benzene rings is 1. The van der Waals surface area contributed by atoms with Gasteiger partial charge in [0.1, 0.15) is 0 Å². The largest absolute Gasteiger partial charge is 0.326 e. The third kappa shape index (κ3) is 3.58. The fourth-order valence-electron chi connectivity index (χ4n) is 1.95. The van der Waals surface area contributed by atoms with Gasteiger partial charge in [-0.2, -0.15) is 0 Å². The van der Waals surface area contributed by atoms with E-state index in [1.165, 1.54) is 5.39 Å². The van der Waals surface area contributed by atoms with Crippen LogP contribution >= 0.6 is 0 Å². The van der Waals surface area contributed by atoms with Crippen LogP contribution in [0, 0.1) is 16.0 Å². The van der Waals surface area contributed by atoms with Crippen LogP contribution in [0.1, 0.15) is 13.3 Å². The van der Waals surface area contributed by atoms with E-state index in [2.05, 4.69) is 23.6 Å². The minimum absolute atomic E-state index is 0.180. The van der Waals surface area contributed by atoms with E-state index >= 15 is 0 Å². The number of hydrogen-bond acceptors (Lipinski definition) is 3. The molecule has 0 aliphatic carbocycles. The number of nitrogens with zero attached hydrogens (tertiary/aromatic N) is 2. The number of nitro groups is 1. The molecule has 2 rings (SSSR count). The molecule has 19 heavy (non-hydrogen) atoms. The summed E-state index contributed by atoms with van der Waals surface area (Å²) in [5.74, 6) is 0.180. The SMILES string of the molecule is CC(C=C[N+](=O)[O-])CCNn1ccc2ccccc21. The Morgan fingerprint density at radius 2 is 2.21 bits per heavy atom. The van der Waals surface area contributed by atoms with Crippen molar-refractivity contribution in [2.24, 2.45) is 5.92 Å². The van der Waals surface area contributed by atoms with Crippen molar-refractivity contribution in [3.63, 3.8) is 0 Å². The summed E-state index contributed by atoms with van der Waals surface area (Å²) in [5.41, 5.74) is 4.43. The second-order valence-electron chi connectivity index (χ2n) is 4.55. The van der Waals surface area contributed by atoms with Gasteiger partial charge in [0.15, 0.2) is 0 Å². The normalized spacial score (nSPS) is 12.9. The molecule has 5 nitrogen and oxygen atoms in total. The van der Waals surface area contributed by atoms with Crippen molar-refractivity contribution in [1.82, 2.24) is 4.68 Å². The maximum absolute atomic E-state index is 10.2. The van der Waals surface area contributed by atoms with Crippen molar-refractivity contribution >= 4 is 10.9 Å². The van der Waals surface area contributed by atoms with Gasteiger partial charge in [0, 0.05) is 18.1 Å². The summed E-state index contributed by atoms with van der Waals surface area (Å²) in [6.07, 6.45) is 5.46. The first-order valence-corrected chi connectivity index (χ1v) is 6.28. The highest BCUT2D eigenvalue weighted by molar-refractivity contribution is 5.80. The van der Waals surface area contributed by atoms with Crippen LogP contribution in [0.2, 0.25) is 0 Å². The van der Waals surface area contributed by atoms with Crippen LogP contribution in [-0.2, 0) is 0 Å². The van der Waals surface area contributed by atoms with E-state index in [1.807, 2.05) is 29.9 Å². The zero-order valence-corrected chi connectivity index (χ0v) is 10.8. The Morgan fingerprint density at radius 1 is 1.42 bits per heavy atom. The average Bonchev–Trinajstić information content (AvgIpc) is 2.80. The lowest BCUT2D eigenvalue weighted by Crippen LogP contribution is -2.16. The fourth-order valence-corrected chi connectivity index (χ4v) is 1.95. The topological polar surface area (TPSA) is 60.1 Å². The van der Waals surface area contributed by atoms with E-state index in [9.17, 15) is 10.1 Å². The van der Waals surface area contributed by atoms with Crippen LogP contribution < -0.4 is 5.43 Å². The first-order chi connectivity index (χ1) is 9.16. The van der Waals surface area contributed by atoms with Crippen LogP contribution in [0.5, 0.6) is 0 Å². The zero-order chi connectivity index (χ0) is 13.7. The van der Waals surface area contributed by atoms with Crippen LogP contribution in [-0.4, -0.2) is 16.1 Å². The predicted molar refractivity (Wildman–Crippen MR) is 76.1 cm³/mol. The summed E-state index contributed by atoms with van der Waals surface area (Å²) in [6.45, 7) is 2.73. The summed E-state index contributed by atoms with van der Waals surface area (Å²) < 4.78 is 1.99. The lowest BCUT2D eigenvalue weighted by atomic mass is 10.1. The molecule has 1 N–H and O–H groups in total. The molecule has 1 unspecified atom stereocenters. The van der Waals surface area contributed by atoms with Crippen molar-refractivity contribution in [2.45, 2.75) is 13.3 Å². The first kappa shape index (κ1) is 13.1. The standard InChI is InChI=1S/C14H17N3O2/c1-12(7-11-17(18)19)6-9-15-16-10-8-13-4-2-3-5-14(13)16/h2-5,7-8,10-12,15H,6,9H2,1H3. The van der Waals surface area contributed by atoms with Crippen LogP contribution in [0.15, 0.2) is 48.8 Å². The van der Waals surface area contributed by atoms with Gasteiger partial charge in [-0.05, 0) is 30.5 Å². The van der Waals surface area contributed by atoms with Gasteiger partial charge < -0.3 is 5.43 Å². The smallest absolute Gasteiger partial charge is 0.230 e. The Morgan fingerprint density at radius 3 is 3.00 bits per heavy atom. The van der Waals surface area contributed by atoms with Crippen molar-refractivity contribution in [2.75, 3.05) is 12.0 Å². The maximum Gasteiger partial charge on any atom is 0.230 e. The van der Waals surface area contributed by atoms with Gasteiger partial charge in [0.05, 0.1) is 10.4 Å². The average molecular weight is 259 g/mol. The Hall–Kier alpha value is -2.30. The summed E-state index contributed by atoms with van der Waals surface area (Å²) in [4.78, 5) is 9.78. The third-order valence-electron chi connectivity index (χ3n) is 3.02. The molecule has 100 valence electrons. The minimum atomic E-state index is -0.427. The Balaban J connectivity index is 1.87. The second kappa shape index (κ2) is 6.04. The van der Waals surface area contributed by atoms with Crippen molar-refractivity contribution < 1.29 is 4.92 Å². The minimum Gasteiger partial charge on any atom is -0.326 e. The molecule has 2 aromatic rings. The number of fused-ring (bicyclic) bond motifs is 1. The number of rotatable bonds is 6. The lowest BCUT2D eigenvalue weighted by Gasteiger charge is -2.10. The highest BCUT2D eigenvalue weighted by atomic mass is 16.6. The van der Waals surface area contributed by atoms with Crippen LogP contribution in [0.4, 0.5) is 0 Å². The highest BCUT2D eigenvalue weighted by Crippen LogP contribution is 2.13. The van der Waals surface area contributed by atoms with E-state index in [1.54, 1.807) is 6.08 Å². The van der Waals surface area contributed by atoms with Crippen LogP contribution in [0.25, 0.3) is 10.9 Å². The molecule has 1 heterocycles. The van der Waals surface area contributed by atoms with Gasteiger partial charge in [-0.15, -0.1) is 0 Å². The molecule has 0 aliphatic rings. The molecule has 0 amide bonds. The summed E-state index contributed by atoms with van der Waals surface area (Å²) in [7, 11) is 0. The molecule has 0 aliphatic heterocycles. The lowest BCUT2D eigenvalue weighted by molar-refractivity contribution is -0.402. The molecule has 0 bridgehead atoms. The Bertz CT molecular complexity index is 589. The molecule has 0 saturated heterocycles. The van der Waals surface area contributed by atoms with Crippen molar-refractivity contribution in [3.05, 3.63) is 58.9 Å². The molecule has 5 heteroatoms. The molecule has 1 aromatic carbocycles. The van der Waals surface area contributed by atoms with E-state index in [0.29, 0.717) is 0 Å². The van der Waals surface area contributed by atoms with E-state index in [-0.39, 0.29) is 5.92 Å². The predicted octanol–water partition coefficient (Wildman–Crippen LogP) is 3.00. The second-order valence-corrected chi connectivity index (χ2v) is 4.55. The van der Waals surface area contributed by atoms with Crippen molar-refractivity contribution in [1.29, 1.82) is 0 Å². The molecule has 0 fully saturated rings. The van der Waals surface area contributed by atoms with Gasteiger partial charge in [0.2, 0.25) is 6.20 Å². The van der Waals surface area contributed by atoms with Gasteiger partial charge in [0.25, 0.3) is 0 Å². The maximum atomic E-state index is 10.2. The summed E-state index contributed by atoms with van der Waals surface area (Å²) in [6, 6.07) is 10.2. The molecule has 0 spiro atoms. The van der Waals surface area contributed by atoms with Gasteiger partial charge in [-0.25, -0.2) is 0 Å². The van der Waals surface area contributed by atoms with Gasteiger partial charge in [-0.3, -0.25) is 14.8 Å². The van der Waals surface area contributed by atoms with E-state index in [4.69, 9.17) is 0 Å². The molecule has 0 saturated carbocycles. The van der Waals surface area contributed by atoms with Crippen molar-refractivity contribution in [3.8, 4) is 0 Å². The number of hydrogen-bond donors (Lipinski definition) is 1. The number of allylic oxidation sites excluding steroid dienone is 1. The molecule has 1 aromatic heterocycles. The first-order valence-electron chi connectivity index (χ1n) is 6.28. The summed E-state index contributed by atoms with van der Waals surface area (Å²) >= 11 is 0. The number of aromatic nitrogens is 1.